The molecule has 1 nitrogen and oxygen atoms in total. The van der Waals surface area contributed by atoms with Gasteiger partial charge in [-0.2, -0.15) is 11.8 Å². The Balaban J connectivity index is 2.53. The smallest absolute Gasteiger partial charge is 0.123 e. The van der Waals surface area contributed by atoms with Gasteiger partial charge in [0.2, 0.25) is 0 Å². The molecule has 0 radical (unpaired) electrons. The minimum Gasteiger partial charge on any atom is -0.330 e. The van der Waals surface area contributed by atoms with Gasteiger partial charge in [0.1, 0.15) is 5.82 Å². The zero-order chi connectivity index (χ0) is 11.3. The van der Waals surface area contributed by atoms with E-state index in [1.54, 1.807) is 23.9 Å². The van der Waals surface area contributed by atoms with Crippen LogP contribution in [0, 0.1) is 5.82 Å². The van der Waals surface area contributed by atoms with Gasteiger partial charge in [0.05, 0.1) is 0 Å². The molecule has 4 heteroatoms. The van der Waals surface area contributed by atoms with E-state index >= 15 is 0 Å². The molecule has 0 saturated heterocycles. The minimum absolute atomic E-state index is 0.180. The molecular weight excluding hydrogens is 277 g/mol. The zero-order valence-corrected chi connectivity index (χ0v) is 11.1. The van der Waals surface area contributed by atoms with Gasteiger partial charge in [0.15, 0.2) is 0 Å². The van der Waals surface area contributed by atoms with Gasteiger partial charge in [-0.05, 0) is 36.7 Å². The summed E-state index contributed by atoms with van der Waals surface area (Å²) in [4.78, 5) is 0. The highest BCUT2D eigenvalue weighted by atomic mass is 79.9. The summed E-state index contributed by atoms with van der Waals surface area (Å²) in [5.41, 5.74) is 6.47. The highest BCUT2D eigenvalue weighted by Gasteiger charge is 2.05. The molecule has 0 aliphatic heterocycles. The molecule has 1 rings (SSSR count). The summed E-state index contributed by atoms with van der Waals surface area (Å²) in [6, 6.07) is 4.78. The number of nitrogens with two attached hydrogens (primary N) is 1. The Hall–Kier alpha value is -0.0600. The Morgan fingerprint density at radius 2 is 2.27 bits per heavy atom. The lowest BCUT2D eigenvalue weighted by Gasteiger charge is -2.10. The lowest BCUT2D eigenvalue weighted by Crippen LogP contribution is -2.07. The molecule has 15 heavy (non-hydrogen) atoms. The van der Waals surface area contributed by atoms with Crippen molar-refractivity contribution in [3.05, 3.63) is 34.1 Å². The van der Waals surface area contributed by atoms with Crippen molar-refractivity contribution in [1.29, 1.82) is 0 Å². The lowest BCUT2D eigenvalue weighted by molar-refractivity contribution is 0.626. The molecule has 0 amide bonds. The van der Waals surface area contributed by atoms with Crippen molar-refractivity contribution in [2.24, 2.45) is 5.73 Å². The van der Waals surface area contributed by atoms with Crippen LogP contribution in [0.25, 0.3) is 0 Å². The summed E-state index contributed by atoms with van der Waals surface area (Å²) in [5, 5.41) is 0.519. The van der Waals surface area contributed by atoms with Gasteiger partial charge in [-0.1, -0.05) is 22.9 Å². The van der Waals surface area contributed by atoms with E-state index in [0.717, 1.165) is 22.2 Å². The maximum Gasteiger partial charge on any atom is 0.123 e. The summed E-state index contributed by atoms with van der Waals surface area (Å²) >= 11 is 5.22. The summed E-state index contributed by atoms with van der Waals surface area (Å²) in [6.07, 6.45) is 0.998. The highest BCUT2D eigenvalue weighted by molar-refractivity contribution is 9.10. The van der Waals surface area contributed by atoms with Crippen LogP contribution < -0.4 is 5.73 Å². The van der Waals surface area contributed by atoms with E-state index in [0.29, 0.717) is 11.8 Å². The Labute approximate surface area is 103 Å². The van der Waals surface area contributed by atoms with Crippen LogP contribution >= 0.6 is 27.7 Å². The molecule has 1 aromatic rings. The standard InChI is InChI=1S/C11H15BrFNS/c1-8(4-5-14)15-7-9-6-10(13)2-3-11(9)12/h2-3,6,8H,4-5,7,14H2,1H3. The van der Waals surface area contributed by atoms with E-state index < -0.39 is 0 Å². The molecule has 0 heterocycles. The first-order valence-electron chi connectivity index (χ1n) is 4.89. The normalized spacial score (nSPS) is 12.8. The van der Waals surface area contributed by atoms with Crippen LogP contribution in [0.2, 0.25) is 0 Å². The molecule has 0 aliphatic rings. The third-order valence-electron chi connectivity index (χ3n) is 2.10. The van der Waals surface area contributed by atoms with Gasteiger partial charge < -0.3 is 5.73 Å². The molecular formula is C11H15BrFNS. The second-order valence-electron chi connectivity index (χ2n) is 3.43. The van der Waals surface area contributed by atoms with Crippen LogP contribution in [0.4, 0.5) is 4.39 Å². The van der Waals surface area contributed by atoms with Crippen molar-refractivity contribution in [2.75, 3.05) is 6.54 Å². The van der Waals surface area contributed by atoms with Crippen molar-refractivity contribution < 1.29 is 4.39 Å². The van der Waals surface area contributed by atoms with Gasteiger partial charge in [-0.25, -0.2) is 4.39 Å². The van der Waals surface area contributed by atoms with Crippen LogP contribution in [-0.2, 0) is 5.75 Å². The fraction of sp³-hybridized carbons (Fsp3) is 0.455. The Morgan fingerprint density at radius 3 is 2.93 bits per heavy atom. The van der Waals surface area contributed by atoms with E-state index in [-0.39, 0.29) is 5.82 Å². The second kappa shape index (κ2) is 6.51. The molecule has 0 aliphatic carbocycles. The number of thioether (sulfide) groups is 1. The zero-order valence-electron chi connectivity index (χ0n) is 8.67. The average molecular weight is 292 g/mol. The molecule has 0 fully saturated rings. The first kappa shape index (κ1) is 13.0. The summed E-state index contributed by atoms with van der Waals surface area (Å²) < 4.78 is 13.9. The van der Waals surface area contributed by atoms with Crippen molar-refractivity contribution >= 4 is 27.7 Å². The summed E-state index contributed by atoms with van der Waals surface area (Å²) in [7, 11) is 0. The van der Waals surface area contributed by atoms with Gasteiger partial charge in [0, 0.05) is 15.5 Å². The van der Waals surface area contributed by atoms with Crippen LogP contribution in [0.1, 0.15) is 18.9 Å². The Kier molecular flexibility index (Phi) is 5.64. The third kappa shape index (κ3) is 4.53. The van der Waals surface area contributed by atoms with E-state index in [1.165, 1.54) is 6.07 Å². The molecule has 0 saturated carbocycles. The van der Waals surface area contributed by atoms with Gasteiger partial charge in [-0.3, -0.25) is 0 Å². The van der Waals surface area contributed by atoms with E-state index in [4.69, 9.17) is 5.73 Å². The van der Waals surface area contributed by atoms with Crippen molar-refractivity contribution in [3.8, 4) is 0 Å². The van der Waals surface area contributed by atoms with Crippen molar-refractivity contribution in [3.63, 3.8) is 0 Å². The molecule has 84 valence electrons. The average Bonchev–Trinajstić information content (AvgIpc) is 2.20. The topological polar surface area (TPSA) is 26.0 Å². The monoisotopic (exact) mass is 291 g/mol. The molecule has 1 atom stereocenters. The van der Waals surface area contributed by atoms with Gasteiger partial charge in [-0.15, -0.1) is 0 Å². The van der Waals surface area contributed by atoms with Gasteiger partial charge >= 0.3 is 0 Å². The van der Waals surface area contributed by atoms with Crippen molar-refractivity contribution in [2.45, 2.75) is 24.3 Å². The van der Waals surface area contributed by atoms with Crippen LogP contribution in [0.15, 0.2) is 22.7 Å². The minimum atomic E-state index is -0.180. The SMILES string of the molecule is CC(CCN)SCc1cc(F)ccc1Br. The summed E-state index contributed by atoms with van der Waals surface area (Å²) in [6.45, 7) is 2.85. The number of benzene rings is 1. The van der Waals surface area contributed by atoms with Crippen LogP contribution in [-0.4, -0.2) is 11.8 Å². The van der Waals surface area contributed by atoms with E-state index in [2.05, 4.69) is 22.9 Å². The number of hydrogen-bond acceptors (Lipinski definition) is 2. The van der Waals surface area contributed by atoms with Crippen LogP contribution in [0.3, 0.4) is 0 Å². The third-order valence-corrected chi connectivity index (χ3v) is 4.16. The van der Waals surface area contributed by atoms with Gasteiger partial charge in [0.25, 0.3) is 0 Å². The largest absolute Gasteiger partial charge is 0.330 e. The predicted molar refractivity (Wildman–Crippen MR) is 68.5 cm³/mol. The fourth-order valence-corrected chi connectivity index (χ4v) is 2.78. The lowest BCUT2D eigenvalue weighted by atomic mass is 10.2. The van der Waals surface area contributed by atoms with Crippen molar-refractivity contribution in [1.82, 2.24) is 0 Å². The van der Waals surface area contributed by atoms with Crippen LogP contribution in [0.5, 0.6) is 0 Å². The molecule has 0 spiro atoms. The first-order valence-corrected chi connectivity index (χ1v) is 6.73. The van der Waals surface area contributed by atoms with E-state index in [1.807, 2.05) is 0 Å². The predicted octanol–water partition coefficient (Wildman–Crippen LogP) is 3.56. The Bertz CT molecular complexity index is 319. The fourth-order valence-electron chi connectivity index (χ4n) is 1.20. The molecule has 1 aromatic carbocycles. The number of rotatable bonds is 5. The maximum absolute atomic E-state index is 13.0. The molecule has 0 aromatic heterocycles. The summed E-state index contributed by atoms with van der Waals surface area (Å²) in [5.74, 6) is 0.639. The number of hydrogen-bond donors (Lipinski definition) is 1. The second-order valence-corrected chi connectivity index (χ2v) is 5.72. The maximum atomic E-state index is 13.0. The quantitative estimate of drug-likeness (QED) is 0.898. The molecule has 0 bridgehead atoms. The van der Waals surface area contributed by atoms with E-state index in [9.17, 15) is 4.39 Å². The molecule has 2 N–H and O–H groups in total. The molecule has 1 unspecified atom stereocenters. The number of halogens is 2. The highest BCUT2D eigenvalue weighted by Crippen LogP contribution is 2.25. The first-order chi connectivity index (χ1) is 7.13. The Morgan fingerprint density at radius 1 is 1.53 bits per heavy atom.